The summed E-state index contributed by atoms with van der Waals surface area (Å²) in [5, 5.41) is 0.785. The van der Waals surface area contributed by atoms with Crippen molar-refractivity contribution in [1.82, 2.24) is 5.06 Å². The Hall–Kier alpha value is -1.70. The number of likely N-dealkylation sites (N-methyl/N-ethyl adjacent to an activating group) is 1. The van der Waals surface area contributed by atoms with Gasteiger partial charge in [-0.15, -0.1) is 4.85 Å². The first kappa shape index (κ1) is 9.30. The average Bonchev–Trinajstić information content (AvgIpc) is 2.05. The van der Waals surface area contributed by atoms with Crippen molar-refractivity contribution >= 4 is 11.7 Å². The lowest BCUT2D eigenvalue weighted by molar-refractivity contribution is -0.164. The summed E-state index contributed by atoms with van der Waals surface area (Å²) in [6.45, 7) is 6.39. The van der Waals surface area contributed by atoms with E-state index in [2.05, 4.69) is 14.5 Å². The highest BCUT2D eigenvalue weighted by Gasteiger charge is 2.24. The molecule has 11 heavy (non-hydrogen) atoms. The van der Waals surface area contributed by atoms with Gasteiger partial charge in [0.15, 0.2) is 0 Å². The maximum atomic E-state index is 10.8. The number of carbonyl (C=O) groups excluding carboxylic acids is 1. The molecule has 0 heterocycles. The summed E-state index contributed by atoms with van der Waals surface area (Å²) in [6.07, 6.45) is 0. The van der Waals surface area contributed by atoms with Crippen molar-refractivity contribution < 1.29 is 14.4 Å². The zero-order valence-electron chi connectivity index (χ0n) is 6.11. The first-order valence-corrected chi connectivity index (χ1v) is 2.59. The fraction of sp³-hybridized carbons (Fsp3) is 0.400. The largest absolute Gasteiger partial charge is 0.587 e. The van der Waals surface area contributed by atoms with Gasteiger partial charge in [0.25, 0.3) is 0 Å². The summed E-state index contributed by atoms with van der Waals surface area (Å²) in [7, 11) is 2.57. The van der Waals surface area contributed by atoms with Crippen LogP contribution < -0.4 is 0 Å². The van der Waals surface area contributed by atoms with Gasteiger partial charge in [-0.25, -0.2) is 5.06 Å². The average molecular weight is 154 g/mol. The highest BCUT2D eigenvalue weighted by molar-refractivity contribution is 6.39. The van der Waals surface area contributed by atoms with Crippen LogP contribution in [0, 0.1) is 6.57 Å². The topological polar surface area (TPSA) is 70.3 Å². The second-order valence-electron chi connectivity index (χ2n) is 1.52. The van der Waals surface area contributed by atoms with Crippen LogP contribution in [0.4, 0.5) is 0 Å². The number of amides is 1. The minimum Gasteiger partial charge on any atom is -0.376 e. The Morgan fingerprint density at radius 1 is 1.73 bits per heavy atom. The molecule has 1 amide bonds. The third-order valence-electron chi connectivity index (χ3n) is 0.952. The zero-order chi connectivity index (χ0) is 8.85. The third kappa shape index (κ3) is 2.18. The number of hydroxylamine groups is 2. The highest BCUT2D eigenvalue weighted by atomic mass is 16.7. The Balaban J connectivity index is 4.51. The standard InChI is InChI=1S/C5H6N4O2/c1-7-4(8-6)5(10)9(2)11-3/h2-3H3. The second kappa shape index (κ2) is 4.17. The smallest absolute Gasteiger partial charge is 0.376 e. The van der Waals surface area contributed by atoms with Gasteiger partial charge in [-0.3, -0.25) is 9.63 Å². The Labute approximate surface area is 63.4 Å². The molecule has 0 atom stereocenters. The van der Waals surface area contributed by atoms with Gasteiger partial charge >= 0.3 is 11.7 Å². The molecule has 0 spiro atoms. The molecule has 0 aromatic carbocycles. The minimum absolute atomic E-state index is 0.630. The Morgan fingerprint density at radius 2 is 2.27 bits per heavy atom. The fourth-order valence-electron chi connectivity index (χ4n) is 0.337. The van der Waals surface area contributed by atoms with Crippen molar-refractivity contribution in [3.8, 4) is 0 Å². The van der Waals surface area contributed by atoms with Crippen molar-refractivity contribution in [2.45, 2.75) is 0 Å². The lowest BCUT2D eigenvalue weighted by Crippen LogP contribution is -2.31. The van der Waals surface area contributed by atoms with Crippen molar-refractivity contribution in [2.75, 3.05) is 14.2 Å². The highest BCUT2D eigenvalue weighted by Crippen LogP contribution is 1.86. The van der Waals surface area contributed by atoms with E-state index in [-0.39, 0.29) is 0 Å². The summed E-state index contributed by atoms with van der Waals surface area (Å²) >= 11 is 0. The van der Waals surface area contributed by atoms with Crippen molar-refractivity contribution in [3.05, 3.63) is 16.9 Å². The zero-order valence-corrected chi connectivity index (χ0v) is 6.11. The first-order valence-electron chi connectivity index (χ1n) is 2.59. The molecule has 6 heteroatoms. The second-order valence-corrected chi connectivity index (χ2v) is 1.52. The Kier molecular flexibility index (Phi) is 3.52. The van der Waals surface area contributed by atoms with Crippen LogP contribution in [-0.4, -0.2) is 35.8 Å². The molecule has 0 radical (unpaired) electrons. The molecule has 0 fully saturated rings. The van der Waals surface area contributed by atoms with Gasteiger partial charge in [-0.2, -0.15) is 4.79 Å². The molecule has 0 aliphatic rings. The summed E-state index contributed by atoms with van der Waals surface area (Å²) in [5.41, 5.74) is 8.11. The number of rotatable bonds is 1. The Bertz CT molecular complexity index is 248. The van der Waals surface area contributed by atoms with Crippen LogP contribution >= 0.6 is 0 Å². The summed E-state index contributed by atoms with van der Waals surface area (Å²) in [6, 6.07) is 0. The van der Waals surface area contributed by atoms with E-state index in [1.54, 1.807) is 0 Å². The molecular weight excluding hydrogens is 148 g/mol. The van der Waals surface area contributed by atoms with E-state index in [0.29, 0.717) is 0 Å². The molecule has 0 aliphatic carbocycles. The quantitative estimate of drug-likeness (QED) is 0.128. The number of hydrogen-bond acceptors (Lipinski definition) is 2. The summed E-state index contributed by atoms with van der Waals surface area (Å²) < 4.78 is 0. The Morgan fingerprint density at radius 3 is 2.55 bits per heavy atom. The minimum atomic E-state index is -0.787. The van der Waals surface area contributed by atoms with E-state index in [1.165, 1.54) is 14.2 Å². The van der Waals surface area contributed by atoms with E-state index in [1.807, 2.05) is 0 Å². The van der Waals surface area contributed by atoms with Crippen LogP contribution in [0.3, 0.4) is 0 Å². The van der Waals surface area contributed by atoms with Crippen LogP contribution in [0.5, 0.6) is 0 Å². The van der Waals surface area contributed by atoms with Gasteiger partial charge in [0, 0.05) is 7.05 Å². The molecule has 0 N–H and O–H groups in total. The molecule has 0 saturated heterocycles. The predicted molar refractivity (Wildman–Crippen MR) is 35.0 cm³/mol. The van der Waals surface area contributed by atoms with Crippen molar-refractivity contribution in [3.63, 3.8) is 0 Å². The van der Waals surface area contributed by atoms with Crippen LogP contribution in [0.15, 0.2) is 0 Å². The number of carbonyl (C=O) groups is 1. The van der Waals surface area contributed by atoms with Crippen LogP contribution in [0.2, 0.25) is 0 Å². The molecule has 0 rings (SSSR count). The van der Waals surface area contributed by atoms with Gasteiger partial charge in [0.2, 0.25) is 0 Å². The van der Waals surface area contributed by atoms with Gasteiger partial charge in [-0.05, 0) is 0 Å². The van der Waals surface area contributed by atoms with Gasteiger partial charge in [0.05, 0.1) is 7.11 Å². The molecule has 0 unspecified atom stereocenters. The van der Waals surface area contributed by atoms with E-state index >= 15 is 0 Å². The number of hydrogen-bond donors (Lipinski definition) is 0. The monoisotopic (exact) mass is 154 g/mol. The lowest BCUT2D eigenvalue weighted by Gasteiger charge is -2.07. The fourth-order valence-corrected chi connectivity index (χ4v) is 0.337. The normalized spacial score (nSPS) is 7.73. The third-order valence-corrected chi connectivity index (χ3v) is 0.952. The molecule has 0 bridgehead atoms. The summed E-state index contributed by atoms with van der Waals surface area (Å²) in [4.78, 5) is 20.4. The molecule has 0 saturated carbocycles. The summed E-state index contributed by atoms with van der Waals surface area (Å²) in [5.74, 6) is -1.42. The van der Waals surface area contributed by atoms with Gasteiger partial charge in [-0.1, -0.05) is 0 Å². The van der Waals surface area contributed by atoms with Crippen LogP contribution in [0.25, 0.3) is 10.4 Å². The van der Waals surface area contributed by atoms with Gasteiger partial charge < -0.3 is 5.53 Å². The molecule has 6 nitrogen and oxygen atoms in total. The van der Waals surface area contributed by atoms with E-state index in [0.717, 1.165) is 5.06 Å². The SMILES string of the molecule is [C-]#[N+]C(=[N+]=[N-])C(=O)N(C)OC. The molecule has 58 valence electrons. The van der Waals surface area contributed by atoms with Crippen LogP contribution in [0.1, 0.15) is 0 Å². The number of nitrogens with zero attached hydrogens (tertiary/aromatic N) is 4. The van der Waals surface area contributed by atoms with E-state index in [9.17, 15) is 4.79 Å². The van der Waals surface area contributed by atoms with Gasteiger partial charge in [0.1, 0.15) is 6.57 Å². The molecule has 0 aromatic rings. The van der Waals surface area contributed by atoms with Crippen LogP contribution in [-0.2, 0) is 9.63 Å². The lowest BCUT2D eigenvalue weighted by atomic mass is 10.5. The first-order chi connectivity index (χ1) is 5.17. The predicted octanol–water partition coefficient (Wildman–Crippen LogP) is -0.446. The van der Waals surface area contributed by atoms with Crippen molar-refractivity contribution in [2.24, 2.45) is 0 Å². The van der Waals surface area contributed by atoms with E-state index in [4.69, 9.17) is 12.1 Å². The molecule has 0 aliphatic heterocycles. The molecular formula is C5H6N4O2. The van der Waals surface area contributed by atoms with Crippen molar-refractivity contribution in [1.29, 1.82) is 0 Å². The molecule has 0 aromatic heterocycles. The van der Waals surface area contributed by atoms with E-state index < -0.39 is 11.7 Å². The maximum absolute atomic E-state index is 10.8. The number of amidine groups is 1. The maximum Gasteiger partial charge on any atom is 0.587 e.